The predicted molar refractivity (Wildman–Crippen MR) is 80.7 cm³/mol. The van der Waals surface area contributed by atoms with Crippen LogP contribution in [0.2, 0.25) is 0 Å². The lowest BCUT2D eigenvalue weighted by atomic mass is 9.77. The zero-order valence-corrected chi connectivity index (χ0v) is 13.3. The Bertz CT molecular complexity index is 405. The minimum Gasteiger partial charge on any atom is -0.378 e. The van der Waals surface area contributed by atoms with E-state index in [2.05, 4.69) is 43.4 Å². The lowest BCUT2D eigenvalue weighted by Crippen LogP contribution is -2.42. The molecule has 3 nitrogen and oxygen atoms in total. The van der Waals surface area contributed by atoms with Crippen LogP contribution >= 0.6 is 11.3 Å². The molecule has 4 heteroatoms. The van der Waals surface area contributed by atoms with Crippen molar-refractivity contribution in [2.75, 3.05) is 19.7 Å². The Kier molecular flexibility index (Phi) is 4.98. The second-order valence-electron chi connectivity index (χ2n) is 6.18. The SMILES string of the molecule is Cc1nc(CC2(CNCC(C)C)CCOC2C)cs1. The van der Waals surface area contributed by atoms with Crippen molar-refractivity contribution in [3.8, 4) is 0 Å². The molecule has 1 aliphatic heterocycles. The van der Waals surface area contributed by atoms with Gasteiger partial charge >= 0.3 is 0 Å². The Morgan fingerprint density at radius 2 is 2.37 bits per heavy atom. The summed E-state index contributed by atoms with van der Waals surface area (Å²) in [4.78, 5) is 4.63. The van der Waals surface area contributed by atoms with Crippen LogP contribution in [0.5, 0.6) is 0 Å². The molecule has 108 valence electrons. The maximum Gasteiger partial charge on any atom is 0.0897 e. The molecule has 1 N–H and O–H groups in total. The van der Waals surface area contributed by atoms with Gasteiger partial charge in [0.05, 0.1) is 16.8 Å². The summed E-state index contributed by atoms with van der Waals surface area (Å²) in [5.41, 5.74) is 1.45. The van der Waals surface area contributed by atoms with Crippen LogP contribution < -0.4 is 5.32 Å². The molecule has 1 saturated heterocycles. The number of aromatic nitrogens is 1. The zero-order valence-electron chi connectivity index (χ0n) is 12.5. The van der Waals surface area contributed by atoms with Crippen molar-refractivity contribution in [2.24, 2.45) is 11.3 Å². The maximum atomic E-state index is 5.84. The first-order chi connectivity index (χ1) is 9.02. The molecule has 0 aliphatic carbocycles. The van der Waals surface area contributed by atoms with Crippen molar-refractivity contribution >= 4 is 11.3 Å². The first kappa shape index (κ1) is 14.9. The van der Waals surface area contributed by atoms with Gasteiger partial charge in [-0.25, -0.2) is 4.98 Å². The van der Waals surface area contributed by atoms with Crippen LogP contribution in [0.4, 0.5) is 0 Å². The van der Waals surface area contributed by atoms with Crippen LogP contribution in [0.3, 0.4) is 0 Å². The largest absolute Gasteiger partial charge is 0.378 e. The molecular weight excluding hydrogens is 256 g/mol. The molecule has 0 aromatic carbocycles. The highest BCUT2D eigenvalue weighted by molar-refractivity contribution is 7.09. The highest BCUT2D eigenvalue weighted by atomic mass is 32.1. The van der Waals surface area contributed by atoms with Crippen LogP contribution in [0.1, 0.15) is 37.9 Å². The first-order valence-corrected chi connectivity index (χ1v) is 8.13. The van der Waals surface area contributed by atoms with Crippen LogP contribution in [0.25, 0.3) is 0 Å². The minimum atomic E-state index is 0.218. The van der Waals surface area contributed by atoms with Crippen LogP contribution in [0.15, 0.2) is 5.38 Å². The van der Waals surface area contributed by atoms with E-state index in [-0.39, 0.29) is 5.41 Å². The molecular formula is C15H26N2OS. The van der Waals surface area contributed by atoms with Crippen LogP contribution in [0, 0.1) is 18.3 Å². The fraction of sp³-hybridized carbons (Fsp3) is 0.800. The van der Waals surface area contributed by atoms with E-state index in [1.54, 1.807) is 11.3 Å². The van der Waals surface area contributed by atoms with Gasteiger partial charge in [0.2, 0.25) is 0 Å². The van der Waals surface area contributed by atoms with Crippen molar-refractivity contribution in [3.05, 3.63) is 16.1 Å². The normalized spacial score (nSPS) is 27.3. The van der Waals surface area contributed by atoms with E-state index in [1.165, 1.54) is 5.69 Å². The third-order valence-electron chi connectivity index (χ3n) is 4.06. The zero-order chi connectivity index (χ0) is 13.9. The molecule has 0 spiro atoms. The predicted octanol–water partition coefficient (Wildman–Crippen LogP) is 3.03. The standard InChI is InChI=1S/C15H26N2OS/c1-11(2)8-16-10-15(5-6-18-12(15)3)7-14-9-19-13(4)17-14/h9,11-12,16H,5-8,10H2,1-4H3. The molecule has 0 bridgehead atoms. The van der Waals surface area contributed by atoms with Crippen LogP contribution in [-0.2, 0) is 11.2 Å². The van der Waals surface area contributed by atoms with Crippen LogP contribution in [-0.4, -0.2) is 30.8 Å². The molecule has 19 heavy (non-hydrogen) atoms. The maximum absolute atomic E-state index is 5.84. The number of hydrogen-bond donors (Lipinski definition) is 1. The average Bonchev–Trinajstić information content (AvgIpc) is 2.87. The molecule has 2 unspecified atom stereocenters. The summed E-state index contributed by atoms with van der Waals surface area (Å²) in [5, 5.41) is 6.98. The second kappa shape index (κ2) is 6.33. The van der Waals surface area contributed by atoms with Gasteiger partial charge in [-0.2, -0.15) is 0 Å². The fourth-order valence-electron chi connectivity index (χ4n) is 2.81. The third-order valence-corrected chi connectivity index (χ3v) is 4.88. The highest BCUT2D eigenvalue weighted by Crippen LogP contribution is 2.37. The lowest BCUT2D eigenvalue weighted by molar-refractivity contribution is 0.0623. The Morgan fingerprint density at radius 1 is 1.58 bits per heavy atom. The van der Waals surface area contributed by atoms with E-state index in [0.717, 1.165) is 37.5 Å². The number of nitrogens with one attached hydrogen (secondary N) is 1. The molecule has 0 amide bonds. The van der Waals surface area contributed by atoms with Crippen molar-refractivity contribution < 1.29 is 4.74 Å². The topological polar surface area (TPSA) is 34.2 Å². The summed E-state index contributed by atoms with van der Waals surface area (Å²) >= 11 is 1.74. The van der Waals surface area contributed by atoms with Gasteiger partial charge in [0.25, 0.3) is 0 Å². The van der Waals surface area contributed by atoms with E-state index >= 15 is 0 Å². The van der Waals surface area contributed by atoms with E-state index in [1.807, 2.05) is 0 Å². The minimum absolute atomic E-state index is 0.218. The van der Waals surface area contributed by atoms with Gasteiger partial charge in [-0.15, -0.1) is 11.3 Å². The summed E-state index contributed by atoms with van der Waals surface area (Å²) < 4.78 is 5.84. The Labute approximate surface area is 120 Å². The smallest absolute Gasteiger partial charge is 0.0897 e. The van der Waals surface area contributed by atoms with Crippen molar-refractivity contribution in [1.29, 1.82) is 0 Å². The van der Waals surface area contributed by atoms with Gasteiger partial charge < -0.3 is 10.1 Å². The molecule has 1 aliphatic rings. The van der Waals surface area contributed by atoms with Gasteiger partial charge in [-0.1, -0.05) is 13.8 Å². The molecule has 0 saturated carbocycles. The molecule has 1 aromatic heterocycles. The molecule has 0 radical (unpaired) electrons. The summed E-state index contributed by atoms with van der Waals surface area (Å²) in [6.45, 7) is 11.8. The van der Waals surface area contributed by atoms with Gasteiger partial charge in [0, 0.05) is 23.9 Å². The second-order valence-corrected chi connectivity index (χ2v) is 7.25. The quantitative estimate of drug-likeness (QED) is 0.871. The van der Waals surface area contributed by atoms with E-state index in [0.29, 0.717) is 12.0 Å². The summed E-state index contributed by atoms with van der Waals surface area (Å²) in [7, 11) is 0. The number of aryl methyl sites for hydroxylation is 1. The third kappa shape index (κ3) is 3.77. The molecule has 2 rings (SSSR count). The molecule has 2 atom stereocenters. The van der Waals surface area contributed by atoms with Gasteiger partial charge in [-0.3, -0.25) is 0 Å². The summed E-state index contributed by atoms with van der Waals surface area (Å²) in [5.74, 6) is 0.691. The van der Waals surface area contributed by atoms with E-state index in [9.17, 15) is 0 Å². The first-order valence-electron chi connectivity index (χ1n) is 7.25. The van der Waals surface area contributed by atoms with Gasteiger partial charge in [0.15, 0.2) is 0 Å². The Hall–Kier alpha value is -0.450. The van der Waals surface area contributed by atoms with E-state index < -0.39 is 0 Å². The fourth-order valence-corrected chi connectivity index (χ4v) is 3.42. The van der Waals surface area contributed by atoms with Crippen molar-refractivity contribution in [2.45, 2.75) is 46.6 Å². The van der Waals surface area contributed by atoms with E-state index in [4.69, 9.17) is 4.74 Å². The summed E-state index contributed by atoms with van der Waals surface area (Å²) in [6.07, 6.45) is 2.48. The van der Waals surface area contributed by atoms with Crippen molar-refractivity contribution in [3.63, 3.8) is 0 Å². The number of nitrogens with zero attached hydrogens (tertiary/aromatic N) is 1. The number of hydrogen-bond acceptors (Lipinski definition) is 4. The van der Waals surface area contributed by atoms with Crippen molar-refractivity contribution in [1.82, 2.24) is 10.3 Å². The molecule has 2 heterocycles. The molecule has 1 aromatic rings. The highest BCUT2D eigenvalue weighted by Gasteiger charge is 2.41. The lowest BCUT2D eigenvalue weighted by Gasteiger charge is -2.32. The monoisotopic (exact) mass is 282 g/mol. The van der Waals surface area contributed by atoms with Gasteiger partial charge in [0.1, 0.15) is 0 Å². The number of ether oxygens (including phenoxy) is 1. The Morgan fingerprint density at radius 3 is 2.89 bits per heavy atom. The molecule has 1 fully saturated rings. The van der Waals surface area contributed by atoms with Gasteiger partial charge in [-0.05, 0) is 39.2 Å². The summed E-state index contributed by atoms with van der Waals surface area (Å²) in [6, 6.07) is 0. The number of rotatable bonds is 6. The average molecular weight is 282 g/mol. The number of thiazole rings is 1. The Balaban J connectivity index is 2.02.